The van der Waals surface area contributed by atoms with Crippen molar-refractivity contribution in [3.05, 3.63) is 23.3 Å². The number of methoxy groups -OCH3 is 3. The van der Waals surface area contributed by atoms with Crippen molar-refractivity contribution in [2.75, 3.05) is 21.3 Å². The van der Waals surface area contributed by atoms with Crippen LogP contribution < -0.4 is 14.2 Å². The van der Waals surface area contributed by atoms with Crippen molar-refractivity contribution in [2.45, 2.75) is 0 Å². The molecule has 0 atom stereocenters. The normalized spacial score (nSPS) is 9.94. The van der Waals surface area contributed by atoms with Crippen molar-refractivity contribution in [2.24, 2.45) is 0 Å². The average molecular weight is 266 g/mol. The molecule has 0 amide bonds. The van der Waals surface area contributed by atoms with Crippen molar-refractivity contribution in [3.8, 4) is 17.2 Å². The molecule has 0 radical (unpaired) electrons. The quantitative estimate of drug-likeness (QED) is 0.783. The van der Waals surface area contributed by atoms with Gasteiger partial charge in [-0.3, -0.25) is 0 Å². The summed E-state index contributed by atoms with van der Waals surface area (Å²) < 4.78 is 65.8. The molecule has 1 aromatic rings. The molecule has 0 aromatic heterocycles. The first-order valence-electron chi connectivity index (χ1n) is 4.67. The first-order valence-corrected chi connectivity index (χ1v) is 4.67. The van der Waals surface area contributed by atoms with E-state index in [1.54, 1.807) is 0 Å². The lowest BCUT2D eigenvalue weighted by Crippen LogP contribution is -2.03. The minimum Gasteiger partial charge on any atom is -0.493 e. The van der Waals surface area contributed by atoms with Crippen molar-refractivity contribution < 1.29 is 31.8 Å². The third-order valence-electron chi connectivity index (χ3n) is 2.15. The third-order valence-corrected chi connectivity index (χ3v) is 2.15. The maximum Gasteiger partial charge on any atom is 0.271 e. The smallest absolute Gasteiger partial charge is 0.271 e. The van der Waals surface area contributed by atoms with Gasteiger partial charge in [-0.1, -0.05) is 0 Å². The molecule has 0 aliphatic heterocycles. The molecule has 0 saturated heterocycles. The largest absolute Gasteiger partial charge is 0.493 e. The number of halogens is 4. The van der Waals surface area contributed by atoms with Crippen LogP contribution in [0.15, 0.2) is 6.08 Å². The van der Waals surface area contributed by atoms with E-state index >= 15 is 0 Å². The van der Waals surface area contributed by atoms with E-state index in [1.165, 1.54) is 0 Å². The molecule has 100 valence electrons. The molecule has 0 spiro atoms. The maximum absolute atomic E-state index is 13.7. The van der Waals surface area contributed by atoms with E-state index < -0.39 is 40.5 Å². The van der Waals surface area contributed by atoms with Gasteiger partial charge in [0.1, 0.15) is 0 Å². The Balaban J connectivity index is 3.72. The molecule has 0 aliphatic carbocycles. The van der Waals surface area contributed by atoms with Gasteiger partial charge in [-0.05, 0) is 0 Å². The first-order chi connectivity index (χ1) is 8.47. The van der Waals surface area contributed by atoms with Gasteiger partial charge in [0.2, 0.25) is 11.6 Å². The van der Waals surface area contributed by atoms with Gasteiger partial charge in [-0.2, -0.15) is 17.6 Å². The van der Waals surface area contributed by atoms with Crippen LogP contribution in [0.3, 0.4) is 0 Å². The van der Waals surface area contributed by atoms with Crippen LogP contribution in [-0.4, -0.2) is 21.3 Å². The zero-order valence-electron chi connectivity index (χ0n) is 9.81. The molecule has 1 rings (SSSR count). The summed E-state index contributed by atoms with van der Waals surface area (Å²) in [6, 6.07) is 0. The molecule has 18 heavy (non-hydrogen) atoms. The monoisotopic (exact) mass is 266 g/mol. The molecular weight excluding hydrogens is 256 g/mol. The highest BCUT2D eigenvalue weighted by molar-refractivity contribution is 5.68. The second kappa shape index (κ2) is 5.61. The van der Waals surface area contributed by atoms with Crippen LogP contribution in [0.25, 0.3) is 6.08 Å². The molecule has 0 heterocycles. The zero-order valence-corrected chi connectivity index (χ0v) is 9.81. The lowest BCUT2D eigenvalue weighted by molar-refractivity contribution is 0.311. The molecule has 3 nitrogen and oxygen atoms in total. The van der Waals surface area contributed by atoms with Gasteiger partial charge in [0.25, 0.3) is 6.08 Å². The predicted molar refractivity (Wildman–Crippen MR) is 56.2 cm³/mol. The van der Waals surface area contributed by atoms with E-state index in [4.69, 9.17) is 0 Å². The minimum atomic E-state index is -2.14. The predicted octanol–water partition coefficient (Wildman–Crippen LogP) is 3.23. The van der Waals surface area contributed by atoms with Gasteiger partial charge in [-0.25, -0.2) is 0 Å². The van der Waals surface area contributed by atoms with E-state index in [1.807, 2.05) is 0 Å². The molecule has 0 fully saturated rings. The number of ether oxygens (including phenoxy) is 3. The number of hydrogen-bond acceptors (Lipinski definition) is 3. The van der Waals surface area contributed by atoms with Crippen LogP contribution in [0.4, 0.5) is 17.6 Å². The Bertz CT molecular complexity index is 451. The van der Waals surface area contributed by atoms with Crippen LogP contribution in [0.2, 0.25) is 0 Å². The van der Waals surface area contributed by atoms with Crippen LogP contribution in [0.5, 0.6) is 17.2 Å². The van der Waals surface area contributed by atoms with Crippen LogP contribution in [0, 0.1) is 11.6 Å². The summed E-state index contributed by atoms with van der Waals surface area (Å²) in [5.41, 5.74) is -0.532. The topological polar surface area (TPSA) is 27.7 Å². The molecule has 0 N–H and O–H groups in total. The Morgan fingerprint density at radius 1 is 0.833 bits per heavy atom. The highest BCUT2D eigenvalue weighted by atomic mass is 19.3. The van der Waals surface area contributed by atoms with E-state index in [0.29, 0.717) is 0 Å². The molecule has 0 aliphatic rings. The summed E-state index contributed by atoms with van der Waals surface area (Å²) in [5, 5.41) is 0. The summed E-state index contributed by atoms with van der Waals surface area (Å²) in [6.45, 7) is 0. The fourth-order valence-electron chi connectivity index (χ4n) is 1.46. The summed E-state index contributed by atoms with van der Waals surface area (Å²) in [4.78, 5) is 0. The average Bonchev–Trinajstić information content (AvgIpc) is 2.29. The highest BCUT2D eigenvalue weighted by Crippen LogP contribution is 2.42. The van der Waals surface area contributed by atoms with Crippen LogP contribution in [-0.2, 0) is 0 Å². The second-order valence-corrected chi connectivity index (χ2v) is 3.08. The lowest BCUT2D eigenvalue weighted by Gasteiger charge is -2.15. The van der Waals surface area contributed by atoms with E-state index in [0.717, 1.165) is 21.3 Å². The standard InChI is InChI=1S/C11H10F4O3/c1-16-9-5(4-6(12)13)10(17-2)8(15)11(18-3)7(9)14/h4H,1-3H3. The summed E-state index contributed by atoms with van der Waals surface area (Å²) in [5.74, 6) is -4.37. The Morgan fingerprint density at radius 2 is 1.22 bits per heavy atom. The molecule has 1 aromatic carbocycles. The molecule has 0 saturated carbocycles. The molecule has 7 heteroatoms. The number of hydrogen-bond donors (Lipinski definition) is 0. The van der Waals surface area contributed by atoms with Gasteiger partial charge < -0.3 is 14.2 Å². The number of rotatable bonds is 4. The first kappa shape index (κ1) is 14.1. The zero-order chi connectivity index (χ0) is 13.9. The Hall–Kier alpha value is -1.92. The molecular formula is C11H10F4O3. The van der Waals surface area contributed by atoms with Gasteiger partial charge in [0.15, 0.2) is 17.2 Å². The number of benzene rings is 1. The fourth-order valence-corrected chi connectivity index (χ4v) is 1.46. The Labute approximate surface area is 101 Å². The van der Waals surface area contributed by atoms with Crippen LogP contribution >= 0.6 is 0 Å². The Kier molecular flexibility index (Phi) is 4.41. The van der Waals surface area contributed by atoms with Crippen molar-refractivity contribution in [1.82, 2.24) is 0 Å². The van der Waals surface area contributed by atoms with Gasteiger partial charge in [-0.15, -0.1) is 0 Å². The highest BCUT2D eigenvalue weighted by Gasteiger charge is 2.26. The van der Waals surface area contributed by atoms with E-state index in [2.05, 4.69) is 14.2 Å². The van der Waals surface area contributed by atoms with Gasteiger partial charge in [0.05, 0.1) is 26.9 Å². The van der Waals surface area contributed by atoms with Gasteiger partial charge >= 0.3 is 0 Å². The lowest BCUT2D eigenvalue weighted by atomic mass is 10.1. The van der Waals surface area contributed by atoms with Crippen molar-refractivity contribution in [3.63, 3.8) is 0 Å². The second-order valence-electron chi connectivity index (χ2n) is 3.08. The Morgan fingerprint density at radius 3 is 1.50 bits per heavy atom. The van der Waals surface area contributed by atoms with E-state index in [-0.39, 0.29) is 6.08 Å². The van der Waals surface area contributed by atoms with E-state index in [9.17, 15) is 17.6 Å². The van der Waals surface area contributed by atoms with Crippen LogP contribution in [0.1, 0.15) is 5.56 Å². The maximum atomic E-state index is 13.7. The third kappa shape index (κ3) is 2.34. The summed E-state index contributed by atoms with van der Waals surface area (Å²) in [6.07, 6.45) is -1.89. The van der Waals surface area contributed by atoms with Crippen molar-refractivity contribution in [1.29, 1.82) is 0 Å². The van der Waals surface area contributed by atoms with Crippen molar-refractivity contribution >= 4 is 6.08 Å². The SMILES string of the molecule is COc1c(F)c(OC)c(C=C(F)F)c(OC)c1F. The van der Waals surface area contributed by atoms with Gasteiger partial charge in [0, 0.05) is 6.08 Å². The minimum absolute atomic E-state index is 0.253. The summed E-state index contributed by atoms with van der Waals surface area (Å²) in [7, 11) is 3.15. The molecule has 0 bridgehead atoms. The molecule has 0 unspecified atom stereocenters. The summed E-state index contributed by atoms with van der Waals surface area (Å²) >= 11 is 0. The fraction of sp³-hybridized carbons (Fsp3) is 0.273.